The molecule has 3 N–H and O–H groups in total. The number of hydrogen-bond acceptors (Lipinski definition) is 5. The van der Waals surface area contributed by atoms with E-state index in [2.05, 4.69) is 116 Å². The lowest BCUT2D eigenvalue weighted by molar-refractivity contribution is -0.870. The van der Waals surface area contributed by atoms with E-state index in [1.165, 1.54) is 0 Å². The van der Waals surface area contributed by atoms with Crippen molar-refractivity contribution in [1.29, 1.82) is 0 Å². The number of carbonyl (C=O) groups excluding carboxylic acids is 1. The Labute approximate surface area is 330 Å². The van der Waals surface area contributed by atoms with Crippen molar-refractivity contribution in [2.24, 2.45) is 0 Å². The van der Waals surface area contributed by atoms with E-state index in [0.717, 1.165) is 89.9 Å². The van der Waals surface area contributed by atoms with Crippen molar-refractivity contribution in [3.8, 4) is 0 Å². The van der Waals surface area contributed by atoms with E-state index in [1.807, 2.05) is 27.2 Å². The first-order valence-corrected chi connectivity index (χ1v) is 21.8. The summed E-state index contributed by atoms with van der Waals surface area (Å²) < 4.78 is 23.4. The average molecular weight is 772 g/mol. The standard InChI is InChI=1S/C45H75N2O6P/c1-6-8-10-12-14-16-18-19-20-21-22-23-24-25-26-27-29-31-33-35-37-39-45(49)46-43(42-53-54(50,51)52-41-40-47(3,4)5)44(48)38-36-34-32-30-28-17-15-13-11-9-7-2/h8,10-11,13-14,16,19-20,22-23,25-26,28-31,36,38,43-44,48H,6-7,9,12,15,17-18,21,24,27,32-35,37,39-42H2,1-5H3,(H-,46,49,50,51)/p+1/b10-8-,13-11+,16-14-,20-19-,23-22-,26-25-,30-28+,31-29-,38-36+. The van der Waals surface area contributed by atoms with Gasteiger partial charge in [-0.1, -0.05) is 130 Å². The van der Waals surface area contributed by atoms with Crippen LogP contribution in [0.25, 0.3) is 0 Å². The molecule has 0 saturated carbocycles. The fraction of sp³-hybridized carbons (Fsp3) is 0.578. The number of quaternary nitrogens is 1. The smallest absolute Gasteiger partial charge is 0.387 e. The molecule has 0 saturated heterocycles. The van der Waals surface area contributed by atoms with Gasteiger partial charge >= 0.3 is 7.82 Å². The highest BCUT2D eigenvalue weighted by Gasteiger charge is 2.27. The fourth-order valence-corrected chi connectivity index (χ4v) is 5.46. The summed E-state index contributed by atoms with van der Waals surface area (Å²) in [5, 5.41) is 13.7. The van der Waals surface area contributed by atoms with Crippen molar-refractivity contribution in [1.82, 2.24) is 5.32 Å². The van der Waals surface area contributed by atoms with Crippen molar-refractivity contribution in [3.05, 3.63) is 109 Å². The molecule has 0 aromatic rings. The van der Waals surface area contributed by atoms with Crippen LogP contribution in [0.4, 0.5) is 0 Å². The minimum Gasteiger partial charge on any atom is -0.387 e. The van der Waals surface area contributed by atoms with Crippen LogP contribution in [0.15, 0.2) is 109 Å². The minimum atomic E-state index is -4.36. The zero-order valence-corrected chi connectivity index (χ0v) is 35.3. The van der Waals surface area contributed by atoms with E-state index in [0.29, 0.717) is 17.4 Å². The third-order valence-corrected chi connectivity index (χ3v) is 8.92. The first kappa shape index (κ1) is 51.2. The molecule has 0 bridgehead atoms. The number of phosphoric acid groups is 1. The van der Waals surface area contributed by atoms with Crippen LogP contribution < -0.4 is 5.32 Å². The topological polar surface area (TPSA) is 105 Å². The maximum absolute atomic E-state index is 12.8. The third-order valence-electron chi connectivity index (χ3n) is 7.94. The van der Waals surface area contributed by atoms with Gasteiger partial charge in [-0.3, -0.25) is 13.8 Å². The molecule has 3 unspecified atom stereocenters. The number of phosphoric ester groups is 1. The Kier molecular flexibility index (Phi) is 34.0. The molecule has 3 atom stereocenters. The first-order valence-electron chi connectivity index (χ1n) is 20.3. The molecule has 8 nitrogen and oxygen atoms in total. The quantitative estimate of drug-likeness (QED) is 0.0260. The Morgan fingerprint density at radius 3 is 1.61 bits per heavy atom. The van der Waals surface area contributed by atoms with Crippen LogP contribution in [0.1, 0.15) is 117 Å². The van der Waals surface area contributed by atoms with Crippen molar-refractivity contribution >= 4 is 13.7 Å². The molecule has 0 aromatic heterocycles. The molecule has 0 aliphatic heterocycles. The zero-order valence-electron chi connectivity index (χ0n) is 34.4. The summed E-state index contributed by atoms with van der Waals surface area (Å²) in [5.74, 6) is -0.242. The maximum atomic E-state index is 12.8. The van der Waals surface area contributed by atoms with Gasteiger partial charge in [0, 0.05) is 6.42 Å². The molecule has 0 heterocycles. The Morgan fingerprint density at radius 1 is 0.648 bits per heavy atom. The number of rotatable bonds is 34. The van der Waals surface area contributed by atoms with Crippen molar-refractivity contribution < 1.29 is 32.9 Å². The SMILES string of the molecule is CC/C=C\C/C=C\C/C=C\C/C=C\C/C=C\C/C=C\CCCCC(=O)NC(COP(=O)(O)OCC[N+](C)(C)C)C(O)/C=C/CC/C=C/CC/C=C/CCC. The molecule has 54 heavy (non-hydrogen) atoms. The van der Waals surface area contributed by atoms with Crippen molar-refractivity contribution in [2.75, 3.05) is 40.9 Å². The van der Waals surface area contributed by atoms with Gasteiger partial charge < -0.3 is 19.8 Å². The monoisotopic (exact) mass is 772 g/mol. The highest BCUT2D eigenvalue weighted by Crippen LogP contribution is 2.43. The summed E-state index contributed by atoms with van der Waals surface area (Å²) in [6.45, 7) is 4.51. The van der Waals surface area contributed by atoms with Crippen LogP contribution in [0.3, 0.4) is 0 Å². The van der Waals surface area contributed by atoms with Gasteiger partial charge in [0.1, 0.15) is 13.2 Å². The summed E-state index contributed by atoms with van der Waals surface area (Å²) in [6, 6.07) is -0.898. The zero-order chi connectivity index (χ0) is 40.0. The maximum Gasteiger partial charge on any atom is 0.472 e. The second kappa shape index (κ2) is 35.8. The number of aliphatic hydroxyl groups is 1. The Bertz CT molecular complexity index is 1240. The van der Waals surface area contributed by atoms with E-state index in [4.69, 9.17) is 9.05 Å². The number of nitrogens with one attached hydrogen (secondary N) is 1. The van der Waals surface area contributed by atoms with Gasteiger partial charge in [0.05, 0.1) is 39.9 Å². The number of hydrogen-bond donors (Lipinski definition) is 3. The number of carbonyl (C=O) groups is 1. The molecular weight excluding hydrogens is 695 g/mol. The second-order valence-corrected chi connectivity index (χ2v) is 15.7. The molecule has 0 fully saturated rings. The second-order valence-electron chi connectivity index (χ2n) is 14.3. The Morgan fingerprint density at radius 2 is 1.11 bits per heavy atom. The highest BCUT2D eigenvalue weighted by molar-refractivity contribution is 7.47. The average Bonchev–Trinajstić information content (AvgIpc) is 3.12. The summed E-state index contributed by atoms with van der Waals surface area (Å²) in [7, 11) is 1.49. The predicted octanol–water partition coefficient (Wildman–Crippen LogP) is 11.0. The normalized spacial score (nSPS) is 15.6. The molecule has 0 aromatic carbocycles. The van der Waals surface area contributed by atoms with Crippen LogP contribution >= 0.6 is 7.82 Å². The van der Waals surface area contributed by atoms with Crippen LogP contribution in [0.2, 0.25) is 0 Å². The molecule has 0 spiro atoms. The number of aliphatic hydroxyl groups excluding tert-OH is 1. The van der Waals surface area contributed by atoms with Gasteiger partial charge in [-0.2, -0.15) is 0 Å². The summed E-state index contributed by atoms with van der Waals surface area (Å²) in [4.78, 5) is 23.0. The number of likely N-dealkylation sites (N-methyl/N-ethyl adjacent to an activating group) is 1. The summed E-state index contributed by atoms with van der Waals surface area (Å²) in [6.07, 6.45) is 51.7. The highest BCUT2D eigenvalue weighted by atomic mass is 31.2. The van der Waals surface area contributed by atoms with Crippen molar-refractivity contribution in [3.63, 3.8) is 0 Å². The van der Waals surface area contributed by atoms with Gasteiger partial charge in [-0.25, -0.2) is 4.57 Å². The third kappa shape index (κ3) is 37.5. The molecular formula is C45H76N2O6P+. The molecule has 9 heteroatoms. The minimum absolute atomic E-state index is 0.0378. The van der Waals surface area contributed by atoms with Gasteiger partial charge in [0.25, 0.3) is 0 Å². The van der Waals surface area contributed by atoms with E-state index >= 15 is 0 Å². The van der Waals surface area contributed by atoms with Crippen LogP contribution in [0.5, 0.6) is 0 Å². The number of nitrogens with zero attached hydrogens (tertiary/aromatic N) is 1. The molecule has 0 radical (unpaired) electrons. The molecule has 1 amide bonds. The van der Waals surface area contributed by atoms with E-state index < -0.39 is 20.0 Å². The molecule has 306 valence electrons. The van der Waals surface area contributed by atoms with Gasteiger partial charge in [0.2, 0.25) is 5.91 Å². The van der Waals surface area contributed by atoms with Crippen LogP contribution in [0, 0.1) is 0 Å². The predicted molar refractivity (Wildman–Crippen MR) is 230 cm³/mol. The lowest BCUT2D eigenvalue weighted by Crippen LogP contribution is -2.45. The fourth-order valence-electron chi connectivity index (χ4n) is 4.73. The van der Waals surface area contributed by atoms with Crippen LogP contribution in [-0.4, -0.2) is 73.4 Å². The molecule has 0 aliphatic rings. The lowest BCUT2D eigenvalue weighted by Gasteiger charge is -2.25. The summed E-state index contributed by atoms with van der Waals surface area (Å²) >= 11 is 0. The van der Waals surface area contributed by atoms with Crippen LogP contribution in [-0.2, 0) is 18.4 Å². The molecule has 0 aliphatic carbocycles. The van der Waals surface area contributed by atoms with E-state index in [-0.39, 0.29) is 25.5 Å². The van der Waals surface area contributed by atoms with Crippen molar-refractivity contribution in [2.45, 2.75) is 129 Å². The largest absolute Gasteiger partial charge is 0.472 e. The molecule has 0 rings (SSSR count). The lowest BCUT2D eigenvalue weighted by atomic mass is 10.1. The van der Waals surface area contributed by atoms with Gasteiger partial charge in [0.15, 0.2) is 0 Å². The Hall–Kier alpha value is -2.84. The van der Waals surface area contributed by atoms with E-state index in [9.17, 15) is 19.4 Å². The first-order chi connectivity index (χ1) is 26.0. The number of unbranched alkanes of at least 4 members (excludes halogenated alkanes) is 5. The van der Waals surface area contributed by atoms with E-state index in [1.54, 1.807) is 6.08 Å². The Balaban J connectivity index is 4.60. The van der Waals surface area contributed by atoms with Gasteiger partial charge in [-0.15, -0.1) is 0 Å². The number of allylic oxidation sites excluding steroid dienone is 17. The summed E-state index contributed by atoms with van der Waals surface area (Å²) in [5.41, 5.74) is 0. The van der Waals surface area contributed by atoms with Gasteiger partial charge in [-0.05, 0) is 89.9 Å². The number of amides is 1.